The van der Waals surface area contributed by atoms with E-state index < -0.39 is 0 Å². The molecule has 2 aromatic rings. The fourth-order valence-electron chi connectivity index (χ4n) is 2.07. The van der Waals surface area contributed by atoms with Gasteiger partial charge in [-0.3, -0.25) is 4.79 Å². The van der Waals surface area contributed by atoms with Crippen molar-refractivity contribution in [1.29, 1.82) is 5.26 Å². The number of carbonyl (C=O) groups is 1. The molecule has 0 aliphatic rings. The van der Waals surface area contributed by atoms with Crippen molar-refractivity contribution in [1.82, 2.24) is 5.32 Å². The molecule has 0 unspecified atom stereocenters. The summed E-state index contributed by atoms with van der Waals surface area (Å²) in [5.74, 6) is -0.347. The molecule has 3 nitrogen and oxygen atoms in total. The number of benzene rings is 1. The number of nitriles is 1. The van der Waals surface area contributed by atoms with Gasteiger partial charge in [0.15, 0.2) is 0 Å². The number of nitrogens with zero attached hydrogens (tertiary/aromatic N) is 1. The van der Waals surface area contributed by atoms with Crippen molar-refractivity contribution in [2.75, 3.05) is 0 Å². The molecule has 2 rings (SSSR count). The van der Waals surface area contributed by atoms with E-state index in [1.807, 2.05) is 42.0 Å². The summed E-state index contributed by atoms with van der Waals surface area (Å²) < 4.78 is 0. The van der Waals surface area contributed by atoms with Crippen LogP contribution in [0.3, 0.4) is 0 Å². The Balaban J connectivity index is 2.07. The Morgan fingerprint density at radius 1 is 1.36 bits per heavy atom. The Bertz CT molecular complexity index is 694. The molecule has 0 aliphatic carbocycles. The highest BCUT2D eigenvalue weighted by molar-refractivity contribution is 7.08. The number of hydrogen-bond donors (Lipinski definition) is 1. The van der Waals surface area contributed by atoms with Gasteiger partial charge in [0, 0.05) is 0 Å². The lowest BCUT2D eigenvalue weighted by atomic mass is 10.0. The molecule has 112 valence electrons. The maximum atomic E-state index is 12.2. The average Bonchev–Trinajstić information content (AvgIpc) is 3.05. The maximum Gasteiger partial charge on any atom is 0.262 e. The number of hydrogen-bond acceptors (Lipinski definition) is 3. The highest BCUT2D eigenvalue weighted by atomic mass is 32.1. The molecule has 0 spiro atoms. The summed E-state index contributed by atoms with van der Waals surface area (Å²) in [7, 11) is 0. The summed E-state index contributed by atoms with van der Waals surface area (Å²) in [6, 6.07) is 11.8. The van der Waals surface area contributed by atoms with Gasteiger partial charge in [0.25, 0.3) is 5.91 Å². The lowest BCUT2D eigenvalue weighted by molar-refractivity contribution is -0.117. The first-order valence-electron chi connectivity index (χ1n) is 7.17. The van der Waals surface area contributed by atoms with E-state index >= 15 is 0 Å². The summed E-state index contributed by atoms with van der Waals surface area (Å²) in [4.78, 5) is 12.2. The third-order valence-electron chi connectivity index (χ3n) is 3.45. The number of carbonyl (C=O) groups excluding carboxylic acids is 1. The molecule has 0 bridgehead atoms. The molecule has 1 heterocycles. The van der Waals surface area contributed by atoms with Crippen LogP contribution in [0.25, 0.3) is 6.08 Å². The van der Waals surface area contributed by atoms with Crippen LogP contribution in [-0.2, 0) is 11.2 Å². The normalized spacial score (nSPS) is 12.5. The molecule has 1 aromatic heterocycles. The van der Waals surface area contributed by atoms with Crippen molar-refractivity contribution < 1.29 is 4.79 Å². The third-order valence-corrected chi connectivity index (χ3v) is 4.16. The van der Waals surface area contributed by atoms with Crippen LogP contribution in [0.5, 0.6) is 0 Å². The van der Waals surface area contributed by atoms with Crippen LogP contribution in [0, 0.1) is 11.3 Å². The van der Waals surface area contributed by atoms with E-state index in [2.05, 4.69) is 24.4 Å². The predicted octanol–water partition coefficient (Wildman–Crippen LogP) is 4.09. The van der Waals surface area contributed by atoms with E-state index in [-0.39, 0.29) is 17.5 Å². The molecule has 0 saturated heterocycles. The van der Waals surface area contributed by atoms with Gasteiger partial charge in [-0.1, -0.05) is 31.2 Å². The largest absolute Gasteiger partial charge is 0.345 e. The molecule has 1 amide bonds. The summed E-state index contributed by atoms with van der Waals surface area (Å²) in [6.07, 6.45) is 2.60. The number of aryl methyl sites for hydroxylation is 1. The molecule has 0 radical (unpaired) electrons. The quantitative estimate of drug-likeness (QED) is 0.668. The molecule has 22 heavy (non-hydrogen) atoms. The standard InChI is InChI=1S/C18H18N2OS/c1-3-14-4-6-16(7-5-14)13(2)20-18(21)17(11-19)10-15-8-9-22-12-15/h4-10,12-13H,3H2,1-2H3,(H,20,21)/b17-10-/t13-/m0/s1. The minimum absolute atomic E-state index is 0.121. The zero-order chi connectivity index (χ0) is 15.9. The molecule has 4 heteroatoms. The number of nitrogens with one attached hydrogen (secondary N) is 1. The van der Waals surface area contributed by atoms with E-state index in [9.17, 15) is 10.1 Å². The fourth-order valence-corrected chi connectivity index (χ4v) is 2.69. The molecule has 1 aromatic carbocycles. The van der Waals surface area contributed by atoms with Crippen LogP contribution in [0.2, 0.25) is 0 Å². The molecule has 0 fully saturated rings. The lowest BCUT2D eigenvalue weighted by Gasteiger charge is -2.14. The van der Waals surface area contributed by atoms with Gasteiger partial charge in [-0.05, 0) is 52.9 Å². The molecule has 1 atom stereocenters. The minimum atomic E-state index is -0.347. The van der Waals surface area contributed by atoms with Gasteiger partial charge in [0.05, 0.1) is 6.04 Å². The van der Waals surface area contributed by atoms with Gasteiger partial charge in [0.1, 0.15) is 11.6 Å². The van der Waals surface area contributed by atoms with E-state index in [0.29, 0.717) is 0 Å². The zero-order valence-electron chi connectivity index (χ0n) is 12.7. The molecule has 1 N–H and O–H groups in total. The van der Waals surface area contributed by atoms with Gasteiger partial charge in [-0.25, -0.2) is 0 Å². The predicted molar refractivity (Wildman–Crippen MR) is 90.3 cm³/mol. The van der Waals surface area contributed by atoms with Crippen molar-refractivity contribution in [3.8, 4) is 6.07 Å². The lowest BCUT2D eigenvalue weighted by Crippen LogP contribution is -2.27. The van der Waals surface area contributed by atoms with Gasteiger partial charge < -0.3 is 5.32 Å². The second kappa shape index (κ2) is 7.58. The summed E-state index contributed by atoms with van der Waals surface area (Å²) in [5.41, 5.74) is 3.28. The van der Waals surface area contributed by atoms with Crippen LogP contribution >= 0.6 is 11.3 Å². The Kier molecular flexibility index (Phi) is 5.51. The SMILES string of the molecule is CCc1ccc([C@H](C)NC(=O)/C(C#N)=C\c2ccsc2)cc1. The van der Waals surface area contributed by atoms with Crippen molar-refractivity contribution in [3.63, 3.8) is 0 Å². The minimum Gasteiger partial charge on any atom is -0.345 e. The van der Waals surface area contributed by atoms with Crippen molar-refractivity contribution in [3.05, 3.63) is 63.4 Å². The average molecular weight is 310 g/mol. The monoisotopic (exact) mass is 310 g/mol. The first-order chi connectivity index (χ1) is 10.6. The molecular formula is C18H18N2OS. The number of amides is 1. The van der Waals surface area contributed by atoms with E-state index in [4.69, 9.17) is 0 Å². The van der Waals surface area contributed by atoms with Crippen molar-refractivity contribution in [2.24, 2.45) is 0 Å². The van der Waals surface area contributed by atoms with Gasteiger partial charge >= 0.3 is 0 Å². The summed E-state index contributed by atoms with van der Waals surface area (Å²) >= 11 is 1.53. The van der Waals surface area contributed by atoms with Crippen molar-refractivity contribution >= 4 is 23.3 Å². The Morgan fingerprint density at radius 2 is 2.09 bits per heavy atom. The second-order valence-electron chi connectivity index (χ2n) is 5.02. The van der Waals surface area contributed by atoms with Crippen LogP contribution < -0.4 is 5.32 Å². The van der Waals surface area contributed by atoms with Gasteiger partial charge in [0.2, 0.25) is 0 Å². The van der Waals surface area contributed by atoms with Crippen LogP contribution in [0.15, 0.2) is 46.7 Å². The first-order valence-corrected chi connectivity index (χ1v) is 8.12. The van der Waals surface area contributed by atoms with Crippen LogP contribution in [0.4, 0.5) is 0 Å². The number of thiophene rings is 1. The Hall–Kier alpha value is -2.38. The van der Waals surface area contributed by atoms with Crippen LogP contribution in [-0.4, -0.2) is 5.91 Å². The van der Waals surface area contributed by atoms with Gasteiger partial charge in [-0.2, -0.15) is 16.6 Å². The van der Waals surface area contributed by atoms with Crippen LogP contribution in [0.1, 0.15) is 36.6 Å². The van der Waals surface area contributed by atoms with E-state index in [1.165, 1.54) is 16.9 Å². The topological polar surface area (TPSA) is 52.9 Å². The highest BCUT2D eigenvalue weighted by Crippen LogP contribution is 2.16. The van der Waals surface area contributed by atoms with E-state index in [0.717, 1.165) is 17.5 Å². The first kappa shape index (κ1) is 16.0. The van der Waals surface area contributed by atoms with Gasteiger partial charge in [-0.15, -0.1) is 0 Å². The number of rotatable bonds is 5. The molecule has 0 aliphatic heterocycles. The molecular weight excluding hydrogens is 292 g/mol. The smallest absolute Gasteiger partial charge is 0.262 e. The highest BCUT2D eigenvalue weighted by Gasteiger charge is 2.13. The second-order valence-corrected chi connectivity index (χ2v) is 5.80. The fraction of sp³-hybridized carbons (Fsp3) is 0.222. The van der Waals surface area contributed by atoms with Crippen molar-refractivity contribution in [2.45, 2.75) is 26.3 Å². The molecule has 0 saturated carbocycles. The zero-order valence-corrected chi connectivity index (χ0v) is 13.5. The van der Waals surface area contributed by atoms with E-state index in [1.54, 1.807) is 6.08 Å². The Morgan fingerprint density at radius 3 is 2.64 bits per heavy atom. The maximum absolute atomic E-state index is 12.2. The summed E-state index contributed by atoms with van der Waals surface area (Å²) in [6.45, 7) is 4.02. The summed E-state index contributed by atoms with van der Waals surface area (Å²) in [5, 5.41) is 15.9. The Labute approximate surface area is 134 Å². The third kappa shape index (κ3) is 4.06.